The Balaban J connectivity index is 2.00. The van der Waals surface area contributed by atoms with E-state index in [4.69, 9.17) is 11.6 Å². The molecule has 3 rings (SSSR count). The van der Waals surface area contributed by atoms with Gasteiger partial charge in [0.05, 0.1) is 9.20 Å². The van der Waals surface area contributed by atoms with E-state index in [0.29, 0.717) is 25.3 Å². The molecule has 2 aromatic carbocycles. The van der Waals surface area contributed by atoms with Crippen LogP contribution in [-0.2, 0) is 0 Å². The molecule has 0 atom stereocenters. The smallest absolute Gasteiger partial charge is 0.266 e. The molecule has 0 aliphatic carbocycles. The summed E-state index contributed by atoms with van der Waals surface area (Å²) in [4.78, 5) is 26.8. The van der Waals surface area contributed by atoms with Crippen molar-refractivity contribution in [2.45, 2.75) is 0 Å². The van der Waals surface area contributed by atoms with E-state index in [0.717, 1.165) is 11.3 Å². The van der Waals surface area contributed by atoms with Crippen LogP contribution in [0.5, 0.6) is 0 Å². The molecular formula is C18H11ClFNO2S. The summed E-state index contributed by atoms with van der Waals surface area (Å²) in [6.45, 7) is 0. The third-order valence-corrected chi connectivity index (χ3v) is 4.40. The Morgan fingerprint density at radius 2 is 1.96 bits per heavy atom. The van der Waals surface area contributed by atoms with Gasteiger partial charge in [-0.2, -0.15) is 0 Å². The Morgan fingerprint density at radius 3 is 2.71 bits per heavy atom. The zero-order chi connectivity index (χ0) is 17.1. The van der Waals surface area contributed by atoms with E-state index in [-0.39, 0.29) is 17.2 Å². The van der Waals surface area contributed by atoms with Crippen LogP contribution in [0.4, 0.5) is 4.39 Å². The quantitative estimate of drug-likeness (QED) is 0.731. The molecule has 1 aromatic heterocycles. The summed E-state index contributed by atoms with van der Waals surface area (Å²) in [6, 6.07) is 12.5. The lowest BCUT2D eigenvalue weighted by molar-refractivity contribution is 0.106. The van der Waals surface area contributed by atoms with Crippen molar-refractivity contribution >= 4 is 40.9 Å². The number of H-pyrrole nitrogens is 1. The van der Waals surface area contributed by atoms with Gasteiger partial charge >= 0.3 is 0 Å². The molecular weight excluding hydrogens is 349 g/mol. The van der Waals surface area contributed by atoms with E-state index in [1.165, 1.54) is 18.2 Å². The minimum atomic E-state index is -0.375. The summed E-state index contributed by atoms with van der Waals surface area (Å²) in [5, 5.41) is 0.467. The van der Waals surface area contributed by atoms with Crippen molar-refractivity contribution in [1.82, 2.24) is 4.98 Å². The molecule has 0 saturated carbocycles. The van der Waals surface area contributed by atoms with Crippen LogP contribution in [0.2, 0.25) is 5.02 Å². The van der Waals surface area contributed by atoms with Crippen molar-refractivity contribution in [1.29, 1.82) is 0 Å². The molecule has 0 amide bonds. The second kappa shape index (κ2) is 6.95. The van der Waals surface area contributed by atoms with Crippen LogP contribution < -0.4 is 14.8 Å². The lowest BCUT2D eigenvalue weighted by atomic mass is 10.1. The molecule has 0 spiro atoms. The standard InChI is InChI=1S/C18H11ClFNO2S/c19-13-5-2-4-12(9-13)15(22)10-17-21-18(23)16(24-17)8-11-3-1-6-14(20)7-11/h1-10H,(H,21,23)/b16-8-,17-10-. The van der Waals surface area contributed by atoms with E-state index < -0.39 is 0 Å². The zero-order valence-corrected chi connectivity index (χ0v) is 13.8. The van der Waals surface area contributed by atoms with Crippen LogP contribution in [0.1, 0.15) is 15.9 Å². The maximum atomic E-state index is 13.2. The van der Waals surface area contributed by atoms with Gasteiger partial charge in [0.2, 0.25) is 0 Å². The van der Waals surface area contributed by atoms with Crippen LogP contribution in [0.25, 0.3) is 12.2 Å². The predicted molar refractivity (Wildman–Crippen MR) is 94.4 cm³/mol. The molecule has 1 N–H and O–H groups in total. The van der Waals surface area contributed by atoms with E-state index >= 15 is 0 Å². The number of halogens is 2. The Labute approximate surface area is 145 Å². The fourth-order valence-electron chi connectivity index (χ4n) is 2.12. The first-order valence-electron chi connectivity index (χ1n) is 6.99. The minimum absolute atomic E-state index is 0.257. The Hall–Kier alpha value is -2.50. The van der Waals surface area contributed by atoms with E-state index in [1.54, 1.807) is 42.5 Å². The molecule has 6 heteroatoms. The van der Waals surface area contributed by atoms with Crippen molar-refractivity contribution in [2.75, 3.05) is 0 Å². The van der Waals surface area contributed by atoms with Gasteiger partial charge in [-0.05, 0) is 35.9 Å². The van der Waals surface area contributed by atoms with Crippen LogP contribution in [0, 0.1) is 5.82 Å². The number of Topliss-reactive ketones (excluding diaryl/α,β-unsaturated/α-hetero) is 1. The largest absolute Gasteiger partial charge is 0.313 e. The second-order valence-corrected chi connectivity index (χ2v) is 6.52. The third-order valence-electron chi connectivity index (χ3n) is 3.20. The predicted octanol–water partition coefficient (Wildman–Crippen LogP) is 2.72. The molecule has 0 bridgehead atoms. The van der Waals surface area contributed by atoms with Crippen LogP contribution in [-0.4, -0.2) is 10.8 Å². The number of thiazole rings is 1. The molecule has 24 heavy (non-hydrogen) atoms. The van der Waals surface area contributed by atoms with E-state index in [2.05, 4.69) is 4.98 Å². The highest BCUT2D eigenvalue weighted by atomic mass is 35.5. The number of carbonyl (C=O) groups is 1. The maximum Gasteiger partial charge on any atom is 0.266 e. The number of hydrogen-bond acceptors (Lipinski definition) is 3. The summed E-state index contributed by atoms with van der Waals surface area (Å²) in [7, 11) is 0. The highest BCUT2D eigenvalue weighted by Crippen LogP contribution is 2.11. The van der Waals surface area contributed by atoms with Crippen LogP contribution >= 0.6 is 22.9 Å². The molecule has 0 unspecified atom stereocenters. The number of hydrogen-bond donors (Lipinski definition) is 1. The molecule has 120 valence electrons. The van der Waals surface area contributed by atoms with Gasteiger partial charge < -0.3 is 4.98 Å². The summed E-state index contributed by atoms with van der Waals surface area (Å²) < 4.78 is 14.0. The molecule has 0 fully saturated rings. The molecule has 0 radical (unpaired) electrons. The molecule has 1 heterocycles. The van der Waals surface area contributed by atoms with Crippen molar-refractivity contribution in [3.63, 3.8) is 0 Å². The summed E-state index contributed by atoms with van der Waals surface area (Å²) >= 11 is 7.00. The first-order chi connectivity index (χ1) is 11.5. The fraction of sp³-hybridized carbons (Fsp3) is 0. The fourth-order valence-corrected chi connectivity index (χ4v) is 3.19. The summed E-state index contributed by atoms with van der Waals surface area (Å²) in [6.07, 6.45) is 2.93. The first kappa shape index (κ1) is 16.4. The van der Waals surface area contributed by atoms with Crippen LogP contribution in [0.15, 0.2) is 53.3 Å². The normalized spacial score (nSPS) is 12.6. The Bertz CT molecular complexity index is 1080. The van der Waals surface area contributed by atoms with Gasteiger partial charge in [0.1, 0.15) is 5.82 Å². The molecule has 3 aromatic rings. The lowest BCUT2D eigenvalue weighted by Gasteiger charge is -1.95. The van der Waals surface area contributed by atoms with Gasteiger partial charge in [0.25, 0.3) is 5.56 Å². The number of benzene rings is 2. The zero-order valence-electron chi connectivity index (χ0n) is 12.3. The van der Waals surface area contributed by atoms with Crippen molar-refractivity contribution < 1.29 is 9.18 Å². The summed E-state index contributed by atoms with van der Waals surface area (Å²) in [5.41, 5.74) is 0.692. The second-order valence-electron chi connectivity index (χ2n) is 5.00. The molecule has 0 aliphatic heterocycles. The molecule has 0 aliphatic rings. The van der Waals surface area contributed by atoms with Crippen molar-refractivity contribution in [3.8, 4) is 0 Å². The van der Waals surface area contributed by atoms with Crippen molar-refractivity contribution in [2.24, 2.45) is 0 Å². The van der Waals surface area contributed by atoms with Gasteiger partial charge in [-0.25, -0.2) is 4.39 Å². The van der Waals surface area contributed by atoms with Gasteiger partial charge in [-0.3, -0.25) is 9.59 Å². The Morgan fingerprint density at radius 1 is 1.17 bits per heavy atom. The molecule has 0 saturated heterocycles. The maximum absolute atomic E-state index is 13.2. The van der Waals surface area contributed by atoms with Crippen molar-refractivity contribution in [3.05, 3.63) is 90.0 Å². The van der Waals surface area contributed by atoms with Gasteiger partial charge in [-0.1, -0.05) is 35.9 Å². The van der Waals surface area contributed by atoms with Crippen LogP contribution in [0.3, 0.4) is 0 Å². The number of carbonyl (C=O) groups excluding carboxylic acids is 1. The topological polar surface area (TPSA) is 49.9 Å². The van der Waals surface area contributed by atoms with Gasteiger partial charge in [0.15, 0.2) is 5.78 Å². The average Bonchev–Trinajstić information content (AvgIpc) is 2.87. The number of aromatic nitrogens is 1. The van der Waals surface area contributed by atoms with Gasteiger partial charge in [-0.15, -0.1) is 11.3 Å². The number of rotatable bonds is 3. The number of ketones is 1. The monoisotopic (exact) mass is 359 g/mol. The van der Waals surface area contributed by atoms with Gasteiger partial charge in [0, 0.05) is 16.7 Å². The van der Waals surface area contributed by atoms with E-state index in [9.17, 15) is 14.0 Å². The highest BCUT2D eigenvalue weighted by molar-refractivity contribution is 7.07. The Kier molecular flexibility index (Phi) is 4.74. The highest BCUT2D eigenvalue weighted by Gasteiger charge is 2.04. The first-order valence-corrected chi connectivity index (χ1v) is 8.19. The summed E-state index contributed by atoms with van der Waals surface area (Å²) in [5.74, 6) is -0.632. The number of nitrogens with one attached hydrogen (secondary N) is 1. The molecule has 3 nitrogen and oxygen atoms in total. The lowest BCUT2D eigenvalue weighted by Crippen LogP contribution is -2.20. The minimum Gasteiger partial charge on any atom is -0.313 e. The van der Waals surface area contributed by atoms with E-state index in [1.807, 2.05) is 0 Å². The third kappa shape index (κ3) is 3.88. The SMILES string of the molecule is O=C(/C=c1/[nH]c(=O)/c(=C/c2cccc(F)c2)s1)c1cccc(Cl)c1. The number of aromatic amines is 1. The average molecular weight is 360 g/mol.